The van der Waals surface area contributed by atoms with Crippen LogP contribution in [0.4, 0.5) is 5.13 Å². The van der Waals surface area contributed by atoms with Gasteiger partial charge < -0.3 is 9.88 Å². The van der Waals surface area contributed by atoms with E-state index in [9.17, 15) is 8.42 Å². The molecular weight excluding hydrogens is 298 g/mol. The van der Waals surface area contributed by atoms with E-state index in [1.165, 1.54) is 11.3 Å². The van der Waals surface area contributed by atoms with Crippen molar-refractivity contribution < 1.29 is 8.42 Å². The molecule has 0 saturated carbocycles. The number of sulfonamides is 1. The van der Waals surface area contributed by atoms with E-state index in [-0.39, 0.29) is 10.0 Å². The molecule has 0 aliphatic carbocycles. The fourth-order valence-corrected chi connectivity index (χ4v) is 3.58. The molecule has 2 aromatic rings. The van der Waals surface area contributed by atoms with Crippen molar-refractivity contribution in [1.82, 2.24) is 20.1 Å². The Morgan fingerprint density at radius 1 is 1.40 bits per heavy atom. The maximum absolute atomic E-state index is 12.2. The first kappa shape index (κ1) is 14.9. The van der Waals surface area contributed by atoms with Crippen LogP contribution in [0.2, 0.25) is 0 Å². The lowest BCUT2D eigenvalue weighted by molar-refractivity contribution is 0.601. The van der Waals surface area contributed by atoms with E-state index < -0.39 is 10.0 Å². The standard InChI is InChI=1S/C11H17N5O2S2/c1-4-12-6-9-5-10(7-16(9)3)20(17,18)15-11-14-13-8(2)19-11/h5,7,12H,4,6H2,1-3H3,(H,14,15). The molecule has 2 aromatic heterocycles. The Morgan fingerprint density at radius 3 is 2.75 bits per heavy atom. The maximum atomic E-state index is 12.2. The summed E-state index contributed by atoms with van der Waals surface area (Å²) in [6.45, 7) is 5.22. The van der Waals surface area contributed by atoms with Gasteiger partial charge in [-0.3, -0.25) is 4.72 Å². The first-order chi connectivity index (χ1) is 9.42. The molecule has 20 heavy (non-hydrogen) atoms. The Morgan fingerprint density at radius 2 is 2.15 bits per heavy atom. The Bertz CT molecular complexity index is 689. The lowest BCUT2D eigenvalue weighted by Gasteiger charge is -2.01. The molecule has 0 unspecified atom stereocenters. The molecule has 0 saturated heterocycles. The van der Waals surface area contributed by atoms with Crippen LogP contribution in [-0.4, -0.2) is 29.7 Å². The van der Waals surface area contributed by atoms with Crippen LogP contribution in [0.1, 0.15) is 17.6 Å². The van der Waals surface area contributed by atoms with Gasteiger partial charge in [0.2, 0.25) is 5.13 Å². The van der Waals surface area contributed by atoms with E-state index in [0.29, 0.717) is 11.6 Å². The molecule has 0 spiro atoms. The van der Waals surface area contributed by atoms with Crippen molar-refractivity contribution in [2.24, 2.45) is 7.05 Å². The van der Waals surface area contributed by atoms with Crippen molar-refractivity contribution in [3.8, 4) is 0 Å². The number of hydrogen-bond acceptors (Lipinski definition) is 6. The van der Waals surface area contributed by atoms with Gasteiger partial charge in [-0.05, 0) is 19.5 Å². The zero-order valence-electron chi connectivity index (χ0n) is 11.5. The summed E-state index contributed by atoms with van der Waals surface area (Å²) in [4.78, 5) is 0.223. The van der Waals surface area contributed by atoms with Gasteiger partial charge in [-0.1, -0.05) is 18.3 Å². The second-order valence-electron chi connectivity index (χ2n) is 4.29. The summed E-state index contributed by atoms with van der Waals surface area (Å²) in [7, 11) is -1.80. The minimum atomic E-state index is -3.62. The van der Waals surface area contributed by atoms with Crippen LogP contribution in [0, 0.1) is 6.92 Å². The third-order valence-corrected chi connectivity index (χ3v) is 4.89. The van der Waals surface area contributed by atoms with Crippen LogP contribution in [-0.2, 0) is 23.6 Å². The predicted molar refractivity (Wildman–Crippen MR) is 78.2 cm³/mol. The first-order valence-corrected chi connectivity index (χ1v) is 8.41. The molecule has 0 aromatic carbocycles. The highest BCUT2D eigenvalue weighted by Gasteiger charge is 2.19. The number of nitrogens with zero attached hydrogens (tertiary/aromatic N) is 3. The number of aromatic nitrogens is 3. The van der Waals surface area contributed by atoms with Gasteiger partial charge in [-0.15, -0.1) is 10.2 Å². The molecule has 0 bridgehead atoms. The molecule has 0 radical (unpaired) electrons. The zero-order valence-corrected chi connectivity index (χ0v) is 13.2. The highest BCUT2D eigenvalue weighted by atomic mass is 32.2. The number of rotatable bonds is 6. The second-order valence-corrected chi connectivity index (χ2v) is 7.15. The van der Waals surface area contributed by atoms with Gasteiger partial charge in [0, 0.05) is 25.5 Å². The minimum absolute atomic E-state index is 0.223. The van der Waals surface area contributed by atoms with Crippen LogP contribution < -0.4 is 10.0 Å². The van der Waals surface area contributed by atoms with Gasteiger partial charge >= 0.3 is 0 Å². The Hall–Kier alpha value is -1.45. The average Bonchev–Trinajstić information content (AvgIpc) is 2.93. The van der Waals surface area contributed by atoms with Crippen molar-refractivity contribution >= 4 is 26.5 Å². The average molecular weight is 315 g/mol. The maximum Gasteiger partial charge on any atom is 0.265 e. The van der Waals surface area contributed by atoms with E-state index in [2.05, 4.69) is 20.2 Å². The van der Waals surface area contributed by atoms with Gasteiger partial charge in [0.15, 0.2) is 0 Å². The summed E-state index contributed by atoms with van der Waals surface area (Å²) in [5.74, 6) is 0. The molecule has 2 rings (SSSR count). The molecule has 0 fully saturated rings. The minimum Gasteiger partial charge on any atom is -0.352 e. The molecule has 2 N–H and O–H groups in total. The third-order valence-electron chi connectivity index (χ3n) is 2.70. The summed E-state index contributed by atoms with van der Waals surface area (Å²) in [5, 5.41) is 11.7. The van der Waals surface area contributed by atoms with Crippen LogP contribution in [0.15, 0.2) is 17.2 Å². The smallest absolute Gasteiger partial charge is 0.265 e. The zero-order chi connectivity index (χ0) is 14.8. The van der Waals surface area contributed by atoms with Gasteiger partial charge in [0.1, 0.15) is 9.90 Å². The molecule has 110 valence electrons. The van der Waals surface area contributed by atoms with E-state index in [1.807, 2.05) is 14.0 Å². The van der Waals surface area contributed by atoms with Gasteiger partial charge in [-0.25, -0.2) is 8.42 Å². The SMILES string of the molecule is CCNCc1cc(S(=O)(=O)Nc2nnc(C)s2)cn1C. The number of hydrogen-bond donors (Lipinski definition) is 2. The molecular formula is C11H17N5O2S2. The number of nitrogens with one attached hydrogen (secondary N) is 2. The lowest BCUT2D eigenvalue weighted by Crippen LogP contribution is -2.14. The second kappa shape index (κ2) is 5.90. The third kappa shape index (κ3) is 3.35. The number of anilines is 1. The lowest BCUT2D eigenvalue weighted by atomic mass is 10.4. The van der Waals surface area contributed by atoms with Crippen molar-refractivity contribution in [2.45, 2.75) is 25.3 Å². The van der Waals surface area contributed by atoms with E-state index in [1.54, 1.807) is 23.8 Å². The van der Waals surface area contributed by atoms with Crippen LogP contribution in [0.5, 0.6) is 0 Å². The monoisotopic (exact) mass is 315 g/mol. The van der Waals surface area contributed by atoms with Crippen LogP contribution >= 0.6 is 11.3 Å². The molecule has 7 nitrogen and oxygen atoms in total. The van der Waals surface area contributed by atoms with Gasteiger partial charge in [-0.2, -0.15) is 0 Å². The predicted octanol–water partition coefficient (Wildman–Crippen LogP) is 1.10. The van der Waals surface area contributed by atoms with E-state index >= 15 is 0 Å². The Labute approximate surface area is 122 Å². The number of aryl methyl sites for hydroxylation is 2. The van der Waals surface area contributed by atoms with Gasteiger partial charge in [0.25, 0.3) is 10.0 Å². The molecule has 2 heterocycles. The summed E-state index contributed by atoms with van der Waals surface area (Å²) < 4.78 is 28.7. The molecule has 0 aliphatic heterocycles. The van der Waals surface area contributed by atoms with Crippen molar-refractivity contribution in [2.75, 3.05) is 11.3 Å². The fraction of sp³-hybridized carbons (Fsp3) is 0.455. The highest BCUT2D eigenvalue weighted by molar-refractivity contribution is 7.93. The molecule has 0 amide bonds. The summed E-state index contributed by atoms with van der Waals surface area (Å²) >= 11 is 1.20. The normalized spacial score (nSPS) is 11.8. The molecule has 0 atom stereocenters. The van der Waals surface area contributed by atoms with E-state index in [0.717, 1.165) is 12.2 Å². The topological polar surface area (TPSA) is 88.9 Å². The van der Waals surface area contributed by atoms with Crippen molar-refractivity contribution in [1.29, 1.82) is 0 Å². The van der Waals surface area contributed by atoms with Crippen LogP contribution in [0.3, 0.4) is 0 Å². The van der Waals surface area contributed by atoms with Crippen molar-refractivity contribution in [3.63, 3.8) is 0 Å². The van der Waals surface area contributed by atoms with Crippen molar-refractivity contribution in [3.05, 3.63) is 23.0 Å². The fourth-order valence-electron chi connectivity index (χ4n) is 1.66. The highest BCUT2D eigenvalue weighted by Crippen LogP contribution is 2.20. The summed E-state index contributed by atoms with van der Waals surface area (Å²) in [6, 6.07) is 1.65. The van der Waals surface area contributed by atoms with Gasteiger partial charge in [0.05, 0.1) is 0 Å². The first-order valence-electron chi connectivity index (χ1n) is 6.11. The van der Waals surface area contributed by atoms with E-state index in [4.69, 9.17) is 0 Å². The summed E-state index contributed by atoms with van der Waals surface area (Å²) in [6.07, 6.45) is 1.59. The summed E-state index contributed by atoms with van der Waals surface area (Å²) in [5.41, 5.74) is 0.903. The Balaban J connectivity index is 2.21. The largest absolute Gasteiger partial charge is 0.352 e. The quantitative estimate of drug-likeness (QED) is 0.833. The molecule has 0 aliphatic rings. The van der Waals surface area contributed by atoms with Crippen LogP contribution in [0.25, 0.3) is 0 Å². The Kier molecular flexibility index (Phi) is 4.41. The molecule has 9 heteroatoms.